The zero-order valence-corrected chi connectivity index (χ0v) is 16.7. The van der Waals surface area contributed by atoms with Crippen LogP contribution in [0.25, 0.3) is 0 Å². The second-order valence-electron chi connectivity index (χ2n) is 7.26. The van der Waals surface area contributed by atoms with E-state index in [9.17, 15) is 5.11 Å². The van der Waals surface area contributed by atoms with Gasteiger partial charge in [-0.15, -0.1) is 0 Å². The number of benzene rings is 2. The van der Waals surface area contributed by atoms with Crippen molar-refractivity contribution in [3.05, 3.63) is 65.7 Å². The quantitative estimate of drug-likeness (QED) is 0.543. The Morgan fingerprint density at radius 2 is 2.00 bits per heavy atom. The lowest BCUT2D eigenvalue weighted by Gasteiger charge is -2.21. The van der Waals surface area contributed by atoms with Crippen LogP contribution < -0.4 is 5.32 Å². The van der Waals surface area contributed by atoms with E-state index in [0.29, 0.717) is 24.8 Å². The normalized spacial score (nSPS) is 17.1. The predicted molar refractivity (Wildman–Crippen MR) is 114 cm³/mol. The van der Waals surface area contributed by atoms with Crippen molar-refractivity contribution in [2.45, 2.75) is 26.4 Å². The van der Waals surface area contributed by atoms with E-state index in [2.05, 4.69) is 29.3 Å². The van der Waals surface area contributed by atoms with Crippen LogP contribution in [0, 0.1) is 5.92 Å². The largest absolute Gasteiger partial charge is 0.508 e. The number of hydrogen-bond acceptors (Lipinski definition) is 3. The zero-order chi connectivity index (χ0) is 19.6. The molecule has 0 bridgehead atoms. The minimum absolute atomic E-state index is 0.311. The summed E-state index contributed by atoms with van der Waals surface area (Å²) in [6.07, 6.45) is 1.95. The SMILES string of the molecule is CCNC(=NCCc1cccc(O)c1)N1CCC(COCc2ccccc2)C1. The monoisotopic (exact) mass is 381 g/mol. The average molecular weight is 382 g/mol. The van der Waals surface area contributed by atoms with Gasteiger partial charge < -0.3 is 20.1 Å². The molecule has 0 radical (unpaired) electrons. The fourth-order valence-electron chi connectivity index (χ4n) is 3.51. The van der Waals surface area contributed by atoms with Crippen molar-refractivity contribution in [1.82, 2.24) is 10.2 Å². The van der Waals surface area contributed by atoms with Crippen LogP contribution in [0.2, 0.25) is 0 Å². The molecule has 2 aromatic carbocycles. The molecule has 1 aliphatic heterocycles. The van der Waals surface area contributed by atoms with Crippen molar-refractivity contribution in [2.24, 2.45) is 10.9 Å². The number of hydrogen-bond donors (Lipinski definition) is 2. The Kier molecular flexibility index (Phi) is 7.73. The summed E-state index contributed by atoms with van der Waals surface area (Å²) in [7, 11) is 0. The molecule has 1 unspecified atom stereocenters. The lowest BCUT2D eigenvalue weighted by molar-refractivity contribution is 0.0907. The van der Waals surface area contributed by atoms with Gasteiger partial charge in [-0.05, 0) is 43.0 Å². The molecule has 5 nitrogen and oxygen atoms in total. The van der Waals surface area contributed by atoms with E-state index in [1.54, 1.807) is 12.1 Å². The molecule has 3 rings (SSSR count). The molecule has 150 valence electrons. The smallest absolute Gasteiger partial charge is 0.193 e. The molecule has 1 fully saturated rings. The summed E-state index contributed by atoms with van der Waals surface area (Å²) < 4.78 is 5.93. The summed E-state index contributed by atoms with van der Waals surface area (Å²) >= 11 is 0. The molecule has 5 heteroatoms. The number of guanidine groups is 1. The Balaban J connectivity index is 1.46. The van der Waals surface area contributed by atoms with Crippen LogP contribution in [0.4, 0.5) is 0 Å². The molecule has 1 heterocycles. The zero-order valence-electron chi connectivity index (χ0n) is 16.7. The third kappa shape index (κ3) is 6.27. The second kappa shape index (κ2) is 10.7. The molecule has 0 amide bonds. The van der Waals surface area contributed by atoms with Crippen LogP contribution in [-0.4, -0.2) is 48.8 Å². The molecular formula is C23H31N3O2. The third-order valence-corrected chi connectivity index (χ3v) is 4.96. The molecule has 2 N–H and O–H groups in total. The fourth-order valence-corrected chi connectivity index (χ4v) is 3.51. The minimum Gasteiger partial charge on any atom is -0.508 e. The molecule has 1 atom stereocenters. The lowest BCUT2D eigenvalue weighted by atomic mass is 10.1. The highest BCUT2D eigenvalue weighted by Gasteiger charge is 2.24. The Morgan fingerprint density at radius 1 is 1.18 bits per heavy atom. The van der Waals surface area contributed by atoms with Gasteiger partial charge in [0.25, 0.3) is 0 Å². The van der Waals surface area contributed by atoms with E-state index in [-0.39, 0.29) is 0 Å². The van der Waals surface area contributed by atoms with Gasteiger partial charge in [0.1, 0.15) is 5.75 Å². The molecule has 2 aromatic rings. The van der Waals surface area contributed by atoms with Crippen molar-refractivity contribution in [2.75, 3.05) is 32.8 Å². The Labute approximate surface area is 168 Å². The summed E-state index contributed by atoms with van der Waals surface area (Å²) in [5, 5.41) is 13.0. The van der Waals surface area contributed by atoms with E-state index >= 15 is 0 Å². The summed E-state index contributed by atoms with van der Waals surface area (Å²) in [5.74, 6) is 1.83. The van der Waals surface area contributed by atoms with Crippen molar-refractivity contribution in [1.29, 1.82) is 0 Å². The highest BCUT2D eigenvalue weighted by Crippen LogP contribution is 2.18. The fraction of sp³-hybridized carbons (Fsp3) is 0.435. The molecule has 1 saturated heterocycles. The van der Waals surface area contributed by atoms with Crippen LogP contribution in [0.3, 0.4) is 0 Å². The number of nitrogens with zero attached hydrogens (tertiary/aromatic N) is 2. The van der Waals surface area contributed by atoms with Crippen molar-refractivity contribution in [3.8, 4) is 5.75 Å². The number of aromatic hydroxyl groups is 1. The van der Waals surface area contributed by atoms with Gasteiger partial charge in [0.2, 0.25) is 0 Å². The Hall–Kier alpha value is -2.53. The second-order valence-corrected chi connectivity index (χ2v) is 7.26. The van der Waals surface area contributed by atoms with E-state index in [1.165, 1.54) is 5.56 Å². The number of aliphatic imine (C=N–C) groups is 1. The molecule has 0 aromatic heterocycles. The van der Waals surface area contributed by atoms with Crippen molar-refractivity contribution in [3.63, 3.8) is 0 Å². The highest BCUT2D eigenvalue weighted by molar-refractivity contribution is 5.80. The molecule has 28 heavy (non-hydrogen) atoms. The van der Waals surface area contributed by atoms with Crippen LogP contribution in [0.1, 0.15) is 24.5 Å². The maximum atomic E-state index is 9.58. The first-order valence-electron chi connectivity index (χ1n) is 10.2. The van der Waals surface area contributed by atoms with Gasteiger partial charge in [-0.1, -0.05) is 42.5 Å². The van der Waals surface area contributed by atoms with Crippen LogP contribution in [-0.2, 0) is 17.8 Å². The van der Waals surface area contributed by atoms with E-state index in [0.717, 1.165) is 50.6 Å². The highest BCUT2D eigenvalue weighted by atomic mass is 16.5. The van der Waals surface area contributed by atoms with E-state index in [1.807, 2.05) is 30.3 Å². The summed E-state index contributed by atoms with van der Waals surface area (Å²) in [4.78, 5) is 7.13. The summed E-state index contributed by atoms with van der Waals surface area (Å²) in [5.41, 5.74) is 2.33. The van der Waals surface area contributed by atoms with Gasteiger partial charge in [0, 0.05) is 32.1 Å². The Morgan fingerprint density at radius 3 is 2.79 bits per heavy atom. The van der Waals surface area contributed by atoms with E-state index in [4.69, 9.17) is 9.73 Å². The molecule has 0 aliphatic carbocycles. The number of phenolic OH excluding ortho intramolecular Hbond substituents is 1. The lowest BCUT2D eigenvalue weighted by Crippen LogP contribution is -2.40. The number of likely N-dealkylation sites (tertiary alicyclic amines) is 1. The van der Waals surface area contributed by atoms with Crippen molar-refractivity contribution < 1.29 is 9.84 Å². The van der Waals surface area contributed by atoms with E-state index < -0.39 is 0 Å². The Bertz CT molecular complexity index is 749. The van der Waals surface area contributed by atoms with Gasteiger partial charge in [-0.2, -0.15) is 0 Å². The summed E-state index contributed by atoms with van der Waals surface area (Å²) in [6, 6.07) is 17.7. The molecule has 0 saturated carbocycles. The van der Waals surface area contributed by atoms with Gasteiger partial charge in [0.15, 0.2) is 5.96 Å². The predicted octanol–water partition coefficient (Wildman–Crippen LogP) is 3.44. The molecular weight excluding hydrogens is 350 g/mol. The maximum absolute atomic E-state index is 9.58. The third-order valence-electron chi connectivity index (χ3n) is 4.96. The number of phenols is 1. The summed E-state index contributed by atoms with van der Waals surface area (Å²) in [6.45, 7) is 7.11. The number of rotatable bonds is 8. The topological polar surface area (TPSA) is 57.1 Å². The molecule has 1 aliphatic rings. The minimum atomic E-state index is 0.311. The first kappa shape index (κ1) is 20.2. The van der Waals surface area contributed by atoms with Crippen LogP contribution >= 0.6 is 0 Å². The van der Waals surface area contributed by atoms with Crippen LogP contribution in [0.5, 0.6) is 5.75 Å². The maximum Gasteiger partial charge on any atom is 0.193 e. The van der Waals surface area contributed by atoms with Gasteiger partial charge in [-0.3, -0.25) is 4.99 Å². The first-order chi connectivity index (χ1) is 13.7. The van der Waals surface area contributed by atoms with Crippen molar-refractivity contribution >= 4 is 5.96 Å². The molecule has 0 spiro atoms. The van der Waals surface area contributed by atoms with Crippen LogP contribution in [0.15, 0.2) is 59.6 Å². The number of nitrogens with one attached hydrogen (secondary N) is 1. The number of ether oxygens (including phenoxy) is 1. The first-order valence-corrected chi connectivity index (χ1v) is 10.2. The van der Waals surface area contributed by atoms with Gasteiger partial charge in [0.05, 0.1) is 13.2 Å². The van der Waals surface area contributed by atoms with Gasteiger partial charge in [-0.25, -0.2) is 0 Å². The average Bonchev–Trinajstić information content (AvgIpc) is 3.17. The standard InChI is InChI=1S/C23H31N3O2/c1-2-24-23(25-13-11-19-9-6-10-22(27)15-19)26-14-12-21(16-26)18-28-17-20-7-4-3-5-8-20/h3-10,15,21,27H,2,11-14,16-18H2,1H3,(H,24,25). The van der Waals surface area contributed by atoms with Gasteiger partial charge >= 0.3 is 0 Å².